The monoisotopic (exact) mass is 613 g/mol. The molecule has 9 heteroatoms. The number of fused-ring (bicyclic) bond motifs is 1. The van der Waals surface area contributed by atoms with Crippen molar-refractivity contribution < 1.29 is 18.0 Å². The van der Waals surface area contributed by atoms with Crippen LogP contribution in [0.4, 0.5) is 5.69 Å². The highest BCUT2D eigenvalue weighted by Gasteiger charge is 2.46. The summed E-state index contributed by atoms with van der Waals surface area (Å²) in [7, 11) is -4.05. The topological polar surface area (TPSA) is 90.6 Å². The highest BCUT2D eigenvalue weighted by Crippen LogP contribution is 2.30. The zero-order chi connectivity index (χ0) is 25.4. The number of imide groups is 1. The van der Waals surface area contributed by atoms with E-state index < -0.39 is 27.9 Å². The summed E-state index contributed by atoms with van der Waals surface area (Å²) in [5, 5.41) is 1.000. The van der Waals surface area contributed by atoms with Gasteiger partial charge in [0.15, 0.2) is 0 Å². The standard InChI is InChI=1S/C27H24IN3O4S/c1-18-6-12-22(13-7-18)36(34,35)30(15-14-19-17-29-24-5-3-2-4-23(19)24)25-16-26(32)31(27(25)33)21-10-8-20(28)9-11-21/h2-13,17,25,29H,14-16H2,1H3. The third kappa shape index (κ3) is 4.58. The number of nitrogens with one attached hydrogen (secondary N) is 1. The molecule has 5 rings (SSSR count). The molecular formula is C27H24IN3O4S. The molecule has 1 fully saturated rings. The summed E-state index contributed by atoms with van der Waals surface area (Å²) in [4.78, 5) is 30.9. The second-order valence-electron chi connectivity index (χ2n) is 8.80. The van der Waals surface area contributed by atoms with Crippen LogP contribution >= 0.6 is 22.6 Å². The minimum absolute atomic E-state index is 0.0578. The molecule has 0 saturated carbocycles. The number of rotatable bonds is 7. The predicted octanol–water partition coefficient (Wildman–Crippen LogP) is 4.65. The van der Waals surface area contributed by atoms with Gasteiger partial charge in [-0.05, 0) is 84.0 Å². The number of hydrogen-bond donors (Lipinski definition) is 1. The molecule has 0 radical (unpaired) electrons. The van der Waals surface area contributed by atoms with Gasteiger partial charge in [0.2, 0.25) is 15.9 Å². The van der Waals surface area contributed by atoms with Crippen molar-refractivity contribution in [3.63, 3.8) is 0 Å². The maximum atomic E-state index is 13.8. The van der Waals surface area contributed by atoms with Gasteiger partial charge in [-0.25, -0.2) is 13.3 Å². The number of aromatic amines is 1. The molecule has 36 heavy (non-hydrogen) atoms. The van der Waals surface area contributed by atoms with Crippen molar-refractivity contribution in [1.29, 1.82) is 0 Å². The Labute approximate surface area is 223 Å². The number of H-pyrrole nitrogens is 1. The Balaban J connectivity index is 1.51. The van der Waals surface area contributed by atoms with Crippen molar-refractivity contribution in [2.24, 2.45) is 0 Å². The van der Waals surface area contributed by atoms with E-state index in [1.165, 1.54) is 4.31 Å². The van der Waals surface area contributed by atoms with Crippen molar-refractivity contribution >= 4 is 61.0 Å². The van der Waals surface area contributed by atoms with E-state index in [2.05, 4.69) is 27.6 Å². The van der Waals surface area contributed by atoms with E-state index in [1.54, 1.807) is 36.4 Å². The van der Waals surface area contributed by atoms with Crippen molar-refractivity contribution in [3.05, 3.63) is 93.7 Å². The van der Waals surface area contributed by atoms with E-state index in [0.29, 0.717) is 12.1 Å². The van der Waals surface area contributed by atoms with Gasteiger partial charge in [0.25, 0.3) is 5.91 Å². The van der Waals surface area contributed by atoms with Crippen LogP contribution in [0.15, 0.2) is 83.9 Å². The maximum Gasteiger partial charge on any atom is 0.252 e. The van der Waals surface area contributed by atoms with Crippen LogP contribution in [0.3, 0.4) is 0 Å². The molecule has 2 heterocycles. The summed E-state index contributed by atoms with van der Waals surface area (Å²) in [5.74, 6) is -0.946. The van der Waals surface area contributed by atoms with E-state index in [1.807, 2.05) is 49.5 Å². The van der Waals surface area contributed by atoms with Gasteiger partial charge < -0.3 is 4.98 Å². The van der Waals surface area contributed by atoms with E-state index in [4.69, 9.17) is 0 Å². The molecule has 1 N–H and O–H groups in total. The van der Waals surface area contributed by atoms with Gasteiger partial charge in [-0.3, -0.25) is 9.59 Å². The average Bonchev–Trinajstić information content (AvgIpc) is 3.40. The number of aromatic nitrogens is 1. The second kappa shape index (κ2) is 9.79. The molecule has 1 unspecified atom stereocenters. The van der Waals surface area contributed by atoms with Crippen molar-refractivity contribution in [1.82, 2.24) is 9.29 Å². The number of sulfonamides is 1. The molecule has 184 valence electrons. The van der Waals surface area contributed by atoms with Gasteiger partial charge in [-0.1, -0.05) is 35.9 Å². The fraction of sp³-hybridized carbons (Fsp3) is 0.185. The highest BCUT2D eigenvalue weighted by atomic mass is 127. The summed E-state index contributed by atoms with van der Waals surface area (Å²) in [5.41, 5.74) is 3.27. The lowest BCUT2D eigenvalue weighted by atomic mass is 10.1. The first-order valence-electron chi connectivity index (χ1n) is 11.5. The number of carbonyl (C=O) groups is 2. The van der Waals surface area contributed by atoms with Gasteiger partial charge in [0.05, 0.1) is 17.0 Å². The lowest BCUT2D eigenvalue weighted by Gasteiger charge is -2.27. The number of hydrogen-bond acceptors (Lipinski definition) is 4. The average molecular weight is 613 g/mol. The Morgan fingerprint density at radius 1 is 1.00 bits per heavy atom. The van der Waals surface area contributed by atoms with Gasteiger partial charge in [0, 0.05) is 27.2 Å². The summed E-state index contributed by atoms with van der Waals surface area (Å²) in [6.07, 6.45) is 2.04. The van der Waals surface area contributed by atoms with Gasteiger partial charge in [-0.15, -0.1) is 0 Å². The number of carbonyl (C=O) groups excluding carboxylic acids is 2. The minimum atomic E-state index is -4.05. The molecule has 3 aromatic carbocycles. The van der Waals surface area contributed by atoms with Gasteiger partial charge in [0.1, 0.15) is 6.04 Å². The quantitative estimate of drug-likeness (QED) is 0.243. The largest absolute Gasteiger partial charge is 0.361 e. The number of benzene rings is 3. The van der Waals surface area contributed by atoms with Crippen LogP contribution in [0.5, 0.6) is 0 Å². The zero-order valence-electron chi connectivity index (χ0n) is 19.5. The van der Waals surface area contributed by atoms with Crippen LogP contribution in [0.1, 0.15) is 17.5 Å². The fourth-order valence-electron chi connectivity index (χ4n) is 4.56. The van der Waals surface area contributed by atoms with Gasteiger partial charge >= 0.3 is 0 Å². The van der Waals surface area contributed by atoms with Crippen LogP contribution in [-0.4, -0.2) is 42.1 Å². The molecule has 4 aromatic rings. The Morgan fingerprint density at radius 3 is 2.42 bits per heavy atom. The number of nitrogens with zero attached hydrogens (tertiary/aromatic N) is 2. The smallest absolute Gasteiger partial charge is 0.252 e. The molecule has 1 atom stereocenters. The van der Waals surface area contributed by atoms with E-state index in [0.717, 1.165) is 30.5 Å². The molecule has 1 aromatic heterocycles. The second-order valence-corrected chi connectivity index (χ2v) is 11.9. The minimum Gasteiger partial charge on any atom is -0.361 e. The number of para-hydroxylation sites is 1. The Hall–Kier alpha value is -3.02. The molecule has 7 nitrogen and oxygen atoms in total. The van der Waals surface area contributed by atoms with E-state index in [9.17, 15) is 18.0 Å². The highest BCUT2D eigenvalue weighted by molar-refractivity contribution is 14.1. The zero-order valence-corrected chi connectivity index (χ0v) is 22.5. The van der Waals surface area contributed by atoms with Crippen molar-refractivity contribution in [3.8, 4) is 0 Å². The third-order valence-corrected chi connectivity index (χ3v) is 9.10. The van der Waals surface area contributed by atoms with Crippen LogP contribution in [0.25, 0.3) is 10.9 Å². The number of halogens is 1. The summed E-state index contributed by atoms with van der Waals surface area (Å²) >= 11 is 2.15. The van der Waals surface area contributed by atoms with E-state index >= 15 is 0 Å². The molecular weight excluding hydrogens is 589 g/mol. The Bertz CT molecular complexity index is 1550. The molecule has 2 amide bonds. The van der Waals surface area contributed by atoms with Crippen LogP contribution in [0.2, 0.25) is 0 Å². The lowest BCUT2D eigenvalue weighted by Crippen LogP contribution is -2.46. The first-order chi connectivity index (χ1) is 17.3. The Morgan fingerprint density at radius 2 is 1.69 bits per heavy atom. The molecule has 1 aliphatic heterocycles. The molecule has 1 aliphatic rings. The van der Waals surface area contributed by atoms with Crippen LogP contribution in [-0.2, 0) is 26.0 Å². The number of amides is 2. The first kappa shape index (κ1) is 24.7. The number of aryl methyl sites for hydroxylation is 1. The number of anilines is 1. The van der Waals surface area contributed by atoms with E-state index in [-0.39, 0.29) is 17.9 Å². The summed E-state index contributed by atoms with van der Waals surface area (Å²) in [6.45, 7) is 1.94. The van der Waals surface area contributed by atoms with Crippen LogP contribution in [0, 0.1) is 10.5 Å². The normalized spacial score (nSPS) is 16.4. The lowest BCUT2D eigenvalue weighted by molar-refractivity contribution is -0.122. The Kier molecular flexibility index (Phi) is 6.71. The van der Waals surface area contributed by atoms with Crippen molar-refractivity contribution in [2.45, 2.75) is 30.7 Å². The molecule has 0 bridgehead atoms. The maximum absolute atomic E-state index is 13.8. The fourth-order valence-corrected chi connectivity index (χ4v) is 6.50. The molecule has 1 saturated heterocycles. The van der Waals surface area contributed by atoms with Crippen LogP contribution < -0.4 is 4.90 Å². The first-order valence-corrected chi connectivity index (χ1v) is 14.0. The van der Waals surface area contributed by atoms with Gasteiger partial charge in [-0.2, -0.15) is 4.31 Å². The molecule has 0 spiro atoms. The summed E-state index contributed by atoms with van der Waals surface area (Å²) in [6, 6.07) is 20.2. The summed E-state index contributed by atoms with van der Waals surface area (Å²) < 4.78 is 29.8. The SMILES string of the molecule is Cc1ccc(S(=O)(=O)N(CCc2c[nH]c3ccccc23)C2CC(=O)N(c3ccc(I)cc3)C2=O)cc1. The predicted molar refractivity (Wildman–Crippen MR) is 147 cm³/mol. The van der Waals surface area contributed by atoms with Crippen molar-refractivity contribution in [2.75, 3.05) is 11.4 Å². The molecule has 0 aliphatic carbocycles. The third-order valence-electron chi connectivity index (χ3n) is 6.46.